The zero-order valence-corrected chi connectivity index (χ0v) is 29.1. The van der Waals surface area contributed by atoms with Crippen molar-refractivity contribution in [3.8, 4) is 0 Å². The Morgan fingerprint density at radius 1 is 0.854 bits per heavy atom. The summed E-state index contributed by atoms with van der Waals surface area (Å²) in [6, 6.07) is 0. The van der Waals surface area contributed by atoms with Gasteiger partial charge in [-0.05, 0) is 99.3 Å². The summed E-state index contributed by atoms with van der Waals surface area (Å²) in [5.74, 6) is 0.718. The van der Waals surface area contributed by atoms with E-state index in [0.717, 1.165) is 51.4 Å². The van der Waals surface area contributed by atoms with E-state index in [0.29, 0.717) is 44.5 Å². The summed E-state index contributed by atoms with van der Waals surface area (Å²) in [5.41, 5.74) is 7.22. The van der Waals surface area contributed by atoms with E-state index in [4.69, 9.17) is 32.5 Å². The topological polar surface area (TPSA) is 50.8 Å². The number of allylic oxidation sites excluding steroid dienone is 10. The third-order valence-electron chi connectivity index (χ3n) is 7.13. The highest BCUT2D eigenvalue weighted by Gasteiger charge is 2.40. The van der Waals surface area contributed by atoms with Crippen LogP contribution >= 0.6 is 30.9 Å². The number of hydrogen-bond donors (Lipinski definition) is 1. The molecule has 0 aromatic carbocycles. The molecule has 0 saturated carbocycles. The normalized spacial score (nSPS) is 21.4. The molecule has 1 saturated heterocycles. The Bertz CT molecular complexity index is 939. The van der Waals surface area contributed by atoms with Crippen molar-refractivity contribution in [3.05, 3.63) is 58.2 Å². The van der Waals surface area contributed by atoms with Crippen LogP contribution in [0.1, 0.15) is 106 Å². The lowest BCUT2D eigenvalue weighted by molar-refractivity contribution is -0.0541. The minimum Gasteiger partial charge on any atom is -0.363 e. The van der Waals surface area contributed by atoms with Gasteiger partial charge in [-0.25, -0.2) is 5.09 Å². The van der Waals surface area contributed by atoms with Crippen LogP contribution in [0.15, 0.2) is 58.2 Å². The second kappa shape index (κ2) is 22.8. The molecule has 1 aliphatic rings. The molecule has 236 valence electrons. The second-order valence-corrected chi connectivity index (χ2v) is 14.2. The molecular formula is C33H57Cl2N2O3P. The first kappa shape index (κ1) is 38.4. The van der Waals surface area contributed by atoms with Crippen LogP contribution < -0.4 is 5.09 Å². The Balaban J connectivity index is 2.33. The van der Waals surface area contributed by atoms with E-state index in [9.17, 15) is 4.57 Å². The summed E-state index contributed by atoms with van der Waals surface area (Å²) in [5, 5.41) is 2.96. The fourth-order valence-electron chi connectivity index (χ4n) is 4.64. The van der Waals surface area contributed by atoms with Crippen molar-refractivity contribution in [3.63, 3.8) is 0 Å². The van der Waals surface area contributed by atoms with Crippen molar-refractivity contribution in [2.75, 3.05) is 38.1 Å². The summed E-state index contributed by atoms with van der Waals surface area (Å²) in [7, 11) is -3.17. The molecule has 0 radical (unpaired) electrons. The van der Waals surface area contributed by atoms with E-state index >= 15 is 0 Å². The smallest absolute Gasteiger partial charge is 0.345 e. The van der Waals surface area contributed by atoms with Crippen LogP contribution in [-0.4, -0.2) is 49.0 Å². The number of alkyl halides is 2. The van der Waals surface area contributed by atoms with Crippen LogP contribution in [0.3, 0.4) is 0 Å². The van der Waals surface area contributed by atoms with Crippen LogP contribution in [0.4, 0.5) is 0 Å². The predicted molar refractivity (Wildman–Crippen MR) is 180 cm³/mol. The molecule has 0 bridgehead atoms. The second-order valence-electron chi connectivity index (χ2n) is 11.4. The minimum atomic E-state index is -3.17. The molecule has 0 spiro atoms. The quantitative estimate of drug-likeness (QED) is 0.0591. The summed E-state index contributed by atoms with van der Waals surface area (Å²) >= 11 is 11.8. The molecule has 8 heteroatoms. The molecule has 1 N–H and O–H groups in total. The number of ether oxygens (including phenoxy) is 1. The van der Waals surface area contributed by atoms with E-state index in [-0.39, 0.29) is 6.23 Å². The Hall–Kier alpha value is -0.650. The summed E-state index contributed by atoms with van der Waals surface area (Å²) in [6.45, 7) is 15.1. The van der Waals surface area contributed by atoms with Crippen LogP contribution in [0, 0.1) is 0 Å². The molecule has 1 heterocycles. The van der Waals surface area contributed by atoms with Crippen molar-refractivity contribution in [1.82, 2.24) is 9.76 Å². The Labute approximate surface area is 262 Å². The Kier molecular flexibility index (Phi) is 21.4. The van der Waals surface area contributed by atoms with E-state index in [1.807, 2.05) is 0 Å². The lowest BCUT2D eigenvalue weighted by Gasteiger charge is -2.40. The number of rotatable bonds is 21. The highest BCUT2D eigenvalue weighted by atomic mass is 35.5. The minimum absolute atomic E-state index is 0.262. The third kappa shape index (κ3) is 17.9. The maximum absolute atomic E-state index is 13.2. The van der Waals surface area contributed by atoms with E-state index in [2.05, 4.69) is 77.0 Å². The third-order valence-corrected chi connectivity index (χ3v) is 9.78. The molecule has 1 aliphatic heterocycles. The summed E-state index contributed by atoms with van der Waals surface area (Å²) in [4.78, 5) is 0. The van der Waals surface area contributed by atoms with Gasteiger partial charge in [0.15, 0.2) is 0 Å². The lowest BCUT2D eigenvalue weighted by atomic mass is 10.0. The number of halogens is 2. The van der Waals surface area contributed by atoms with Crippen LogP contribution in [0.5, 0.6) is 0 Å². The average Bonchev–Trinajstić information content (AvgIpc) is 2.91. The standard InChI is InChI=1S/C33H57Cl2N2O3P/c1-28(2)12-7-13-29(3)14-8-15-30(4)16-9-17-31(5)18-10-19-32(6)20-11-26-39-33-21-27-40-41(38,36-24-22-34)37(33)25-23-35/h12,14,16,18-19,33H,7-11,13,15,17,20-27H2,1-6H3,(H,36,38)/b29-14+,30-16+,31-18+,32-19+. The van der Waals surface area contributed by atoms with Gasteiger partial charge in [0.1, 0.15) is 6.23 Å². The Morgan fingerprint density at radius 2 is 1.41 bits per heavy atom. The summed E-state index contributed by atoms with van der Waals surface area (Å²) in [6.07, 6.45) is 21.9. The number of nitrogens with zero attached hydrogens (tertiary/aromatic N) is 1. The van der Waals surface area contributed by atoms with Gasteiger partial charge in [-0.1, -0.05) is 58.2 Å². The van der Waals surface area contributed by atoms with Crippen molar-refractivity contribution in [2.24, 2.45) is 0 Å². The molecule has 1 fully saturated rings. The lowest BCUT2D eigenvalue weighted by Crippen LogP contribution is -2.45. The van der Waals surface area contributed by atoms with Gasteiger partial charge in [-0.15, -0.1) is 23.2 Å². The SMILES string of the molecule is CC(C)=CCC/C(C)=C/CC/C(C)=C/CC/C(C)=C/C/C=C(\C)CCCOC1CCOP(=O)(NCCCl)N1CCCl. The molecule has 5 nitrogen and oxygen atoms in total. The average molecular weight is 632 g/mol. The van der Waals surface area contributed by atoms with Crippen molar-refractivity contribution >= 4 is 30.9 Å². The first-order valence-corrected chi connectivity index (χ1v) is 18.0. The molecule has 0 aromatic rings. The highest BCUT2D eigenvalue weighted by molar-refractivity contribution is 7.54. The highest BCUT2D eigenvalue weighted by Crippen LogP contribution is 2.51. The number of hydrogen-bond acceptors (Lipinski definition) is 3. The molecule has 0 aliphatic carbocycles. The molecule has 0 aromatic heterocycles. The van der Waals surface area contributed by atoms with Gasteiger partial charge in [0, 0.05) is 37.9 Å². The first-order chi connectivity index (χ1) is 19.6. The fraction of sp³-hybridized carbons (Fsp3) is 0.697. The van der Waals surface area contributed by atoms with Gasteiger partial charge in [0.2, 0.25) is 0 Å². The molecule has 2 atom stereocenters. The Morgan fingerprint density at radius 3 is 1.98 bits per heavy atom. The zero-order chi connectivity index (χ0) is 30.5. The molecule has 41 heavy (non-hydrogen) atoms. The van der Waals surface area contributed by atoms with Gasteiger partial charge < -0.3 is 9.26 Å². The van der Waals surface area contributed by atoms with E-state index in [1.54, 1.807) is 4.67 Å². The maximum Gasteiger partial charge on any atom is 0.345 e. The molecule has 1 rings (SSSR count). The van der Waals surface area contributed by atoms with Crippen LogP contribution in [0.25, 0.3) is 0 Å². The largest absolute Gasteiger partial charge is 0.363 e. The van der Waals surface area contributed by atoms with Gasteiger partial charge in [-0.3, -0.25) is 4.57 Å². The van der Waals surface area contributed by atoms with E-state index < -0.39 is 7.67 Å². The van der Waals surface area contributed by atoms with Gasteiger partial charge >= 0.3 is 7.67 Å². The monoisotopic (exact) mass is 630 g/mol. The van der Waals surface area contributed by atoms with Gasteiger partial charge in [0.25, 0.3) is 0 Å². The van der Waals surface area contributed by atoms with Crippen LogP contribution in [-0.2, 0) is 13.8 Å². The molecule has 2 unspecified atom stereocenters. The zero-order valence-electron chi connectivity index (χ0n) is 26.7. The molecule has 0 amide bonds. The van der Waals surface area contributed by atoms with E-state index in [1.165, 1.54) is 34.3 Å². The molecular weight excluding hydrogens is 574 g/mol. The number of nitrogens with one attached hydrogen (secondary N) is 1. The fourth-order valence-corrected chi connectivity index (χ4v) is 7.22. The predicted octanol–water partition coefficient (Wildman–Crippen LogP) is 10.5. The maximum atomic E-state index is 13.2. The van der Waals surface area contributed by atoms with Crippen molar-refractivity contribution < 1.29 is 13.8 Å². The first-order valence-electron chi connectivity index (χ1n) is 15.4. The van der Waals surface area contributed by atoms with Crippen molar-refractivity contribution in [1.29, 1.82) is 0 Å². The van der Waals surface area contributed by atoms with Gasteiger partial charge in [-0.2, -0.15) is 4.67 Å². The van der Waals surface area contributed by atoms with Crippen molar-refractivity contribution in [2.45, 2.75) is 112 Å². The van der Waals surface area contributed by atoms with Crippen LogP contribution in [0.2, 0.25) is 0 Å². The van der Waals surface area contributed by atoms with Gasteiger partial charge in [0.05, 0.1) is 6.61 Å². The summed E-state index contributed by atoms with van der Waals surface area (Å²) < 4.78 is 26.7.